The lowest BCUT2D eigenvalue weighted by molar-refractivity contribution is 0.174. The highest BCUT2D eigenvalue weighted by molar-refractivity contribution is 6.31. The molecule has 5 heteroatoms. The molecule has 0 saturated carbocycles. The highest BCUT2D eigenvalue weighted by Crippen LogP contribution is 2.43. The minimum Gasteiger partial charge on any atom is -0.454 e. The van der Waals surface area contributed by atoms with Crippen LogP contribution in [0, 0.1) is 17.2 Å². The molecule has 122 valence electrons. The number of nitrogens with zero attached hydrogens (tertiary/aromatic N) is 2. The molecule has 0 spiro atoms. The third kappa shape index (κ3) is 2.82. The molecule has 0 aromatic heterocycles. The Balaban J connectivity index is 1.58. The molecule has 2 aliphatic rings. The summed E-state index contributed by atoms with van der Waals surface area (Å²) in [5, 5.41) is 10.2. The lowest BCUT2D eigenvalue weighted by atomic mass is 9.89. The Hall–Kier alpha value is -2.22. The molecular formula is C19H17ClN2O2. The van der Waals surface area contributed by atoms with Gasteiger partial charge in [0.15, 0.2) is 11.5 Å². The van der Waals surface area contributed by atoms with Crippen LogP contribution in [0.5, 0.6) is 11.5 Å². The predicted octanol–water partition coefficient (Wildman–Crippen LogP) is 3.81. The van der Waals surface area contributed by atoms with Gasteiger partial charge in [0.1, 0.15) is 0 Å². The van der Waals surface area contributed by atoms with E-state index in [1.165, 1.54) is 5.56 Å². The van der Waals surface area contributed by atoms with E-state index in [-0.39, 0.29) is 18.6 Å². The van der Waals surface area contributed by atoms with Crippen LogP contribution in [0.15, 0.2) is 42.5 Å². The molecule has 2 aliphatic heterocycles. The highest BCUT2D eigenvalue weighted by atomic mass is 35.5. The first kappa shape index (κ1) is 15.3. The average molecular weight is 341 g/mol. The molecule has 2 unspecified atom stereocenters. The van der Waals surface area contributed by atoms with Gasteiger partial charge in [-0.25, -0.2) is 0 Å². The van der Waals surface area contributed by atoms with E-state index in [1.54, 1.807) is 6.07 Å². The Kier molecular flexibility index (Phi) is 4.05. The fourth-order valence-electron chi connectivity index (χ4n) is 3.52. The van der Waals surface area contributed by atoms with Crippen molar-refractivity contribution < 1.29 is 9.47 Å². The number of ether oxygens (including phenoxy) is 2. The Morgan fingerprint density at radius 1 is 1.12 bits per heavy atom. The molecule has 0 radical (unpaired) electrons. The quantitative estimate of drug-likeness (QED) is 0.852. The van der Waals surface area contributed by atoms with Gasteiger partial charge in [-0.2, -0.15) is 5.26 Å². The monoisotopic (exact) mass is 340 g/mol. The molecule has 2 aromatic rings. The summed E-state index contributed by atoms with van der Waals surface area (Å²) in [6.07, 6.45) is 0. The second-order valence-electron chi connectivity index (χ2n) is 6.25. The summed E-state index contributed by atoms with van der Waals surface area (Å²) in [4.78, 5) is 2.31. The second kappa shape index (κ2) is 6.35. The molecule has 4 rings (SSSR count). The number of hydrogen-bond acceptors (Lipinski definition) is 4. The summed E-state index contributed by atoms with van der Waals surface area (Å²) in [6.45, 7) is 2.63. The maximum atomic E-state index is 9.59. The van der Waals surface area contributed by atoms with Gasteiger partial charge in [-0.1, -0.05) is 41.9 Å². The number of hydrogen-bond donors (Lipinski definition) is 0. The van der Waals surface area contributed by atoms with Gasteiger partial charge in [-0.3, -0.25) is 4.90 Å². The van der Waals surface area contributed by atoms with Crippen molar-refractivity contribution in [1.29, 1.82) is 5.26 Å². The predicted molar refractivity (Wildman–Crippen MR) is 91.1 cm³/mol. The van der Waals surface area contributed by atoms with Gasteiger partial charge >= 0.3 is 0 Å². The van der Waals surface area contributed by atoms with Crippen molar-refractivity contribution in [3.63, 3.8) is 0 Å². The lowest BCUT2D eigenvalue weighted by Gasteiger charge is -2.17. The first-order valence-corrected chi connectivity index (χ1v) is 8.37. The van der Waals surface area contributed by atoms with Crippen LogP contribution in [-0.2, 0) is 6.54 Å². The number of likely N-dealkylation sites (tertiary alicyclic amines) is 1. The summed E-state index contributed by atoms with van der Waals surface area (Å²) in [6, 6.07) is 16.5. The molecule has 2 atom stereocenters. The Bertz CT molecular complexity index is 788. The van der Waals surface area contributed by atoms with Crippen molar-refractivity contribution in [3.8, 4) is 17.6 Å². The summed E-state index contributed by atoms with van der Waals surface area (Å²) in [5.74, 6) is 1.40. The zero-order valence-corrected chi connectivity index (χ0v) is 13.9. The topological polar surface area (TPSA) is 45.5 Å². The van der Waals surface area contributed by atoms with E-state index in [9.17, 15) is 5.26 Å². The van der Waals surface area contributed by atoms with Gasteiger partial charge in [-0.15, -0.1) is 0 Å². The molecule has 1 saturated heterocycles. The summed E-state index contributed by atoms with van der Waals surface area (Å²) >= 11 is 6.45. The minimum atomic E-state index is -0.0772. The molecule has 1 fully saturated rings. The Labute approximate surface area is 146 Å². The number of nitriles is 1. The van der Waals surface area contributed by atoms with Crippen molar-refractivity contribution in [2.75, 3.05) is 19.9 Å². The average Bonchev–Trinajstić information content (AvgIpc) is 3.21. The van der Waals surface area contributed by atoms with Crippen LogP contribution in [-0.4, -0.2) is 24.8 Å². The first-order valence-electron chi connectivity index (χ1n) is 7.99. The van der Waals surface area contributed by atoms with E-state index in [1.807, 2.05) is 24.3 Å². The largest absolute Gasteiger partial charge is 0.454 e. The first-order chi connectivity index (χ1) is 11.7. The molecule has 0 amide bonds. The van der Waals surface area contributed by atoms with Crippen molar-refractivity contribution >= 4 is 11.6 Å². The number of benzene rings is 2. The smallest absolute Gasteiger partial charge is 0.231 e. The fourth-order valence-corrected chi connectivity index (χ4v) is 3.81. The van der Waals surface area contributed by atoms with Crippen molar-refractivity contribution in [3.05, 3.63) is 58.6 Å². The van der Waals surface area contributed by atoms with Gasteiger partial charge in [-0.05, 0) is 17.2 Å². The summed E-state index contributed by atoms with van der Waals surface area (Å²) < 4.78 is 10.8. The van der Waals surface area contributed by atoms with Gasteiger partial charge < -0.3 is 9.47 Å². The van der Waals surface area contributed by atoms with E-state index in [4.69, 9.17) is 21.1 Å². The Morgan fingerprint density at radius 3 is 2.62 bits per heavy atom. The zero-order valence-electron chi connectivity index (χ0n) is 13.1. The fraction of sp³-hybridized carbons (Fsp3) is 0.316. The van der Waals surface area contributed by atoms with E-state index in [0.29, 0.717) is 16.5 Å². The third-order valence-electron chi connectivity index (χ3n) is 4.70. The van der Waals surface area contributed by atoms with Crippen molar-refractivity contribution in [2.45, 2.75) is 12.5 Å². The van der Waals surface area contributed by atoms with Crippen LogP contribution >= 0.6 is 11.6 Å². The number of fused-ring (bicyclic) bond motifs is 1. The van der Waals surface area contributed by atoms with E-state index >= 15 is 0 Å². The van der Waals surface area contributed by atoms with Gasteiger partial charge in [0.05, 0.1) is 12.0 Å². The van der Waals surface area contributed by atoms with Crippen molar-refractivity contribution in [1.82, 2.24) is 4.90 Å². The third-order valence-corrected chi connectivity index (χ3v) is 5.03. The molecule has 2 heterocycles. The maximum Gasteiger partial charge on any atom is 0.231 e. The van der Waals surface area contributed by atoms with Gasteiger partial charge in [0, 0.05) is 36.6 Å². The maximum absolute atomic E-state index is 9.59. The van der Waals surface area contributed by atoms with E-state index < -0.39 is 0 Å². The van der Waals surface area contributed by atoms with Crippen LogP contribution in [0.25, 0.3) is 0 Å². The zero-order chi connectivity index (χ0) is 16.5. The van der Waals surface area contributed by atoms with E-state index in [0.717, 1.165) is 25.2 Å². The standard InChI is InChI=1S/C19H17ClN2O2/c20-17-7-19-18(23-12-24-19)6-15(17)16-11-22(10-14(16)8-21)9-13-4-2-1-3-5-13/h1-7,14,16H,9-12H2. The van der Waals surface area contributed by atoms with Gasteiger partial charge in [0.25, 0.3) is 0 Å². The molecule has 0 bridgehead atoms. The highest BCUT2D eigenvalue weighted by Gasteiger charge is 2.36. The van der Waals surface area contributed by atoms with Crippen LogP contribution < -0.4 is 9.47 Å². The minimum absolute atomic E-state index is 0.0772. The number of halogens is 1. The van der Waals surface area contributed by atoms with Crippen LogP contribution in [0.2, 0.25) is 5.02 Å². The molecule has 2 aromatic carbocycles. The lowest BCUT2D eigenvalue weighted by Crippen LogP contribution is -2.20. The summed E-state index contributed by atoms with van der Waals surface area (Å²) in [5.41, 5.74) is 2.23. The SMILES string of the molecule is N#CC1CN(Cc2ccccc2)CC1c1cc2c(cc1Cl)OCO2. The summed E-state index contributed by atoms with van der Waals surface area (Å²) in [7, 11) is 0. The molecule has 0 N–H and O–H groups in total. The van der Waals surface area contributed by atoms with E-state index in [2.05, 4.69) is 23.1 Å². The molecular weight excluding hydrogens is 324 g/mol. The molecule has 4 nitrogen and oxygen atoms in total. The van der Waals surface area contributed by atoms with Crippen LogP contribution in [0.1, 0.15) is 17.0 Å². The Morgan fingerprint density at radius 2 is 1.88 bits per heavy atom. The van der Waals surface area contributed by atoms with Crippen LogP contribution in [0.3, 0.4) is 0 Å². The van der Waals surface area contributed by atoms with Crippen LogP contribution in [0.4, 0.5) is 0 Å². The second-order valence-corrected chi connectivity index (χ2v) is 6.66. The van der Waals surface area contributed by atoms with Gasteiger partial charge in [0.2, 0.25) is 6.79 Å². The number of rotatable bonds is 3. The molecule has 24 heavy (non-hydrogen) atoms. The normalized spacial score (nSPS) is 22.5. The van der Waals surface area contributed by atoms with Crippen molar-refractivity contribution in [2.24, 2.45) is 5.92 Å². The molecule has 0 aliphatic carbocycles.